The summed E-state index contributed by atoms with van der Waals surface area (Å²) < 4.78 is 8.05. The molecule has 0 spiro atoms. The van der Waals surface area contributed by atoms with E-state index in [4.69, 9.17) is 15.1 Å². The first-order valence-electron chi connectivity index (χ1n) is 10.4. The van der Waals surface area contributed by atoms with Gasteiger partial charge in [-0.05, 0) is 50.1 Å². The molecule has 164 valence electrons. The SMILES string of the molecule is COCCCNC(=O)c1cc2c(=O)n3cccc(C)c3nc2n(-c2ccc(C)cc2)c1=N. The van der Waals surface area contributed by atoms with E-state index in [2.05, 4.69) is 5.32 Å². The Bertz CT molecular complexity index is 1440. The quantitative estimate of drug-likeness (QED) is 0.362. The lowest BCUT2D eigenvalue weighted by molar-refractivity contribution is 0.0946. The van der Waals surface area contributed by atoms with Crippen molar-refractivity contribution in [3.05, 3.63) is 81.2 Å². The topological polar surface area (TPSA) is 101 Å². The Hall–Kier alpha value is -3.78. The average Bonchev–Trinajstić information content (AvgIpc) is 2.78. The number of hydrogen-bond acceptors (Lipinski definition) is 5. The Morgan fingerprint density at radius 1 is 1.16 bits per heavy atom. The van der Waals surface area contributed by atoms with Crippen LogP contribution in [0, 0.1) is 19.3 Å². The summed E-state index contributed by atoms with van der Waals surface area (Å²) in [5, 5.41) is 11.9. The van der Waals surface area contributed by atoms with Crippen molar-refractivity contribution in [2.75, 3.05) is 20.3 Å². The number of nitrogens with zero attached hydrogens (tertiary/aromatic N) is 3. The van der Waals surface area contributed by atoms with Gasteiger partial charge in [0, 0.05) is 32.1 Å². The van der Waals surface area contributed by atoms with Crippen molar-refractivity contribution in [2.24, 2.45) is 0 Å². The van der Waals surface area contributed by atoms with Crippen LogP contribution in [0.25, 0.3) is 22.4 Å². The van der Waals surface area contributed by atoms with E-state index in [1.807, 2.05) is 44.2 Å². The molecular formula is C24H25N5O3. The lowest BCUT2D eigenvalue weighted by atomic mass is 10.1. The van der Waals surface area contributed by atoms with Crippen LogP contribution in [-0.4, -0.2) is 40.1 Å². The molecular weight excluding hydrogens is 406 g/mol. The fourth-order valence-electron chi connectivity index (χ4n) is 3.67. The minimum Gasteiger partial charge on any atom is -0.385 e. The van der Waals surface area contributed by atoms with E-state index >= 15 is 0 Å². The number of fused-ring (bicyclic) bond motifs is 2. The number of carbonyl (C=O) groups excluding carboxylic acids is 1. The molecule has 4 rings (SSSR count). The van der Waals surface area contributed by atoms with Gasteiger partial charge in [0.15, 0.2) is 5.65 Å². The van der Waals surface area contributed by atoms with Gasteiger partial charge in [-0.1, -0.05) is 23.8 Å². The highest BCUT2D eigenvalue weighted by molar-refractivity contribution is 5.97. The second kappa shape index (κ2) is 8.76. The van der Waals surface area contributed by atoms with Crippen LogP contribution in [0.5, 0.6) is 0 Å². The molecule has 0 atom stereocenters. The maximum atomic E-state index is 13.4. The van der Waals surface area contributed by atoms with Crippen molar-refractivity contribution in [3.63, 3.8) is 0 Å². The van der Waals surface area contributed by atoms with Crippen LogP contribution in [0.2, 0.25) is 0 Å². The Kier molecular flexibility index (Phi) is 5.87. The molecule has 0 unspecified atom stereocenters. The summed E-state index contributed by atoms with van der Waals surface area (Å²) in [6, 6.07) is 12.7. The van der Waals surface area contributed by atoms with Gasteiger partial charge in [0.2, 0.25) is 0 Å². The van der Waals surface area contributed by atoms with Crippen LogP contribution in [0.15, 0.2) is 53.5 Å². The first kappa shape index (κ1) is 21.5. The number of pyridine rings is 2. The molecule has 0 radical (unpaired) electrons. The summed E-state index contributed by atoms with van der Waals surface area (Å²) in [7, 11) is 1.60. The molecule has 0 saturated heterocycles. The van der Waals surface area contributed by atoms with Gasteiger partial charge in [-0.2, -0.15) is 0 Å². The number of carbonyl (C=O) groups is 1. The fourth-order valence-corrected chi connectivity index (χ4v) is 3.67. The van der Waals surface area contributed by atoms with Gasteiger partial charge in [-0.15, -0.1) is 0 Å². The fraction of sp³-hybridized carbons (Fsp3) is 0.250. The van der Waals surface area contributed by atoms with E-state index in [-0.39, 0.29) is 22.0 Å². The molecule has 0 bridgehead atoms. The normalized spacial score (nSPS) is 11.2. The van der Waals surface area contributed by atoms with Gasteiger partial charge in [0.1, 0.15) is 11.1 Å². The van der Waals surface area contributed by atoms with Crippen LogP contribution < -0.4 is 16.4 Å². The summed E-state index contributed by atoms with van der Waals surface area (Å²) in [4.78, 5) is 31.0. The minimum absolute atomic E-state index is 0.0320. The Labute approximate surface area is 184 Å². The summed E-state index contributed by atoms with van der Waals surface area (Å²) in [5.74, 6) is -0.414. The molecule has 2 N–H and O–H groups in total. The number of rotatable bonds is 6. The summed E-state index contributed by atoms with van der Waals surface area (Å²) in [6.07, 6.45) is 2.31. The van der Waals surface area contributed by atoms with Crippen LogP contribution in [-0.2, 0) is 4.74 Å². The first-order valence-corrected chi connectivity index (χ1v) is 10.4. The van der Waals surface area contributed by atoms with E-state index in [1.54, 1.807) is 23.9 Å². The molecule has 1 amide bonds. The highest BCUT2D eigenvalue weighted by Gasteiger charge is 2.18. The standard InChI is InChI=1S/C24H25N5O3/c1-15-7-9-17(10-8-15)29-20(25)18(23(30)26-11-5-13-32-3)14-19-22(29)27-21-16(2)6-4-12-28(21)24(19)31/h4,6-10,12,14,25H,5,11,13H2,1-3H3,(H,26,30). The summed E-state index contributed by atoms with van der Waals surface area (Å²) in [5.41, 5.74) is 3.21. The second-order valence-electron chi connectivity index (χ2n) is 7.72. The highest BCUT2D eigenvalue weighted by atomic mass is 16.5. The van der Waals surface area contributed by atoms with Crippen LogP contribution >= 0.6 is 0 Å². The smallest absolute Gasteiger partial charge is 0.267 e. The lowest BCUT2D eigenvalue weighted by Gasteiger charge is -2.15. The molecule has 0 saturated carbocycles. The van der Waals surface area contributed by atoms with Gasteiger partial charge in [-0.25, -0.2) is 4.98 Å². The van der Waals surface area contributed by atoms with Gasteiger partial charge in [0.25, 0.3) is 11.5 Å². The number of aryl methyl sites for hydroxylation is 2. The Morgan fingerprint density at radius 3 is 2.62 bits per heavy atom. The number of amides is 1. The molecule has 4 aromatic rings. The third-order valence-corrected chi connectivity index (χ3v) is 5.39. The zero-order valence-corrected chi connectivity index (χ0v) is 18.3. The molecule has 0 aliphatic heterocycles. The molecule has 3 heterocycles. The minimum atomic E-state index is -0.414. The van der Waals surface area contributed by atoms with Crippen molar-refractivity contribution in [1.82, 2.24) is 19.3 Å². The summed E-state index contributed by atoms with van der Waals surface area (Å²) >= 11 is 0. The third kappa shape index (κ3) is 3.80. The number of methoxy groups -OCH3 is 1. The van der Waals surface area contributed by atoms with Crippen LogP contribution in [0.4, 0.5) is 0 Å². The van der Waals surface area contributed by atoms with Gasteiger partial charge >= 0.3 is 0 Å². The molecule has 8 heteroatoms. The van der Waals surface area contributed by atoms with Gasteiger partial charge < -0.3 is 10.1 Å². The van der Waals surface area contributed by atoms with Crippen LogP contribution in [0.1, 0.15) is 27.9 Å². The zero-order chi connectivity index (χ0) is 22.8. The Balaban J connectivity index is 2.01. The predicted octanol–water partition coefficient (Wildman–Crippen LogP) is 2.50. The van der Waals surface area contributed by atoms with E-state index in [1.165, 1.54) is 10.5 Å². The van der Waals surface area contributed by atoms with Crippen molar-refractivity contribution in [1.29, 1.82) is 5.41 Å². The third-order valence-electron chi connectivity index (χ3n) is 5.39. The number of aromatic nitrogens is 3. The number of hydrogen-bond donors (Lipinski definition) is 2. The molecule has 0 aliphatic carbocycles. The van der Waals surface area contributed by atoms with Crippen molar-refractivity contribution < 1.29 is 9.53 Å². The van der Waals surface area contributed by atoms with Gasteiger partial charge in [-0.3, -0.25) is 24.0 Å². The molecule has 3 aromatic heterocycles. The molecule has 32 heavy (non-hydrogen) atoms. The van der Waals surface area contributed by atoms with E-state index < -0.39 is 5.91 Å². The van der Waals surface area contributed by atoms with E-state index in [0.29, 0.717) is 36.6 Å². The van der Waals surface area contributed by atoms with E-state index in [0.717, 1.165) is 11.1 Å². The molecule has 8 nitrogen and oxygen atoms in total. The maximum absolute atomic E-state index is 13.4. The molecule has 0 aliphatic rings. The molecule has 1 aromatic carbocycles. The van der Waals surface area contributed by atoms with Crippen LogP contribution in [0.3, 0.4) is 0 Å². The average molecular weight is 431 g/mol. The van der Waals surface area contributed by atoms with E-state index in [9.17, 15) is 9.59 Å². The monoisotopic (exact) mass is 431 g/mol. The second-order valence-corrected chi connectivity index (χ2v) is 7.72. The van der Waals surface area contributed by atoms with Crippen molar-refractivity contribution in [3.8, 4) is 5.69 Å². The largest absolute Gasteiger partial charge is 0.385 e. The van der Waals surface area contributed by atoms with Gasteiger partial charge in [0.05, 0.1) is 10.9 Å². The predicted molar refractivity (Wildman–Crippen MR) is 122 cm³/mol. The first-order chi connectivity index (χ1) is 15.4. The van der Waals surface area contributed by atoms with Crippen molar-refractivity contribution in [2.45, 2.75) is 20.3 Å². The Morgan fingerprint density at radius 2 is 1.91 bits per heavy atom. The lowest BCUT2D eigenvalue weighted by Crippen LogP contribution is -2.35. The highest BCUT2D eigenvalue weighted by Crippen LogP contribution is 2.17. The number of benzene rings is 1. The van der Waals surface area contributed by atoms with Crippen molar-refractivity contribution >= 4 is 22.6 Å². The number of ether oxygens (including phenoxy) is 1. The summed E-state index contributed by atoms with van der Waals surface area (Å²) in [6.45, 7) is 4.78. The zero-order valence-electron chi connectivity index (χ0n) is 18.3. The number of nitrogens with one attached hydrogen (secondary N) is 2. The maximum Gasteiger partial charge on any atom is 0.267 e. The molecule has 0 fully saturated rings.